The van der Waals surface area contributed by atoms with E-state index in [2.05, 4.69) is 25.5 Å². The van der Waals surface area contributed by atoms with Crippen molar-refractivity contribution < 1.29 is 13.6 Å². The zero-order valence-electron chi connectivity index (χ0n) is 13.8. The second kappa shape index (κ2) is 6.89. The van der Waals surface area contributed by atoms with Crippen molar-refractivity contribution in [2.24, 2.45) is 0 Å². The van der Waals surface area contributed by atoms with Crippen LogP contribution in [-0.2, 0) is 4.79 Å². The van der Waals surface area contributed by atoms with Gasteiger partial charge in [-0.2, -0.15) is 0 Å². The van der Waals surface area contributed by atoms with Crippen LogP contribution in [0.4, 0.5) is 6.01 Å². The number of anilines is 1. The van der Waals surface area contributed by atoms with Crippen LogP contribution >= 0.6 is 23.1 Å². The second-order valence-corrected chi connectivity index (χ2v) is 7.47. The summed E-state index contributed by atoms with van der Waals surface area (Å²) in [5.74, 6) is 0.170. The fourth-order valence-electron chi connectivity index (χ4n) is 2.29. The van der Waals surface area contributed by atoms with Gasteiger partial charge in [0, 0.05) is 0 Å². The molecular weight excluding hydrogens is 374 g/mol. The quantitative estimate of drug-likeness (QED) is 0.517. The van der Waals surface area contributed by atoms with Gasteiger partial charge < -0.3 is 8.83 Å². The van der Waals surface area contributed by atoms with E-state index in [1.165, 1.54) is 23.1 Å². The Morgan fingerprint density at radius 3 is 2.81 bits per heavy atom. The maximum Gasteiger partial charge on any atom is 0.322 e. The van der Waals surface area contributed by atoms with E-state index in [0.29, 0.717) is 16.7 Å². The zero-order chi connectivity index (χ0) is 18.1. The van der Waals surface area contributed by atoms with Crippen molar-refractivity contribution in [3.63, 3.8) is 0 Å². The average molecular weight is 387 g/mol. The van der Waals surface area contributed by atoms with Gasteiger partial charge in [0.15, 0.2) is 5.58 Å². The Kier molecular flexibility index (Phi) is 4.43. The summed E-state index contributed by atoms with van der Waals surface area (Å²) in [6.07, 6.45) is 0. The smallest absolute Gasteiger partial charge is 0.322 e. The predicted octanol–water partition coefficient (Wildman–Crippen LogP) is 3.68. The average Bonchev–Trinajstić information content (AvgIpc) is 3.31. The summed E-state index contributed by atoms with van der Waals surface area (Å²) >= 11 is 2.66. The highest BCUT2D eigenvalue weighted by Crippen LogP contribution is 2.29. The number of amides is 1. The van der Waals surface area contributed by atoms with Crippen LogP contribution in [0.3, 0.4) is 0 Å². The molecule has 10 heteroatoms. The van der Waals surface area contributed by atoms with Crippen LogP contribution in [0.15, 0.2) is 38.3 Å². The fourth-order valence-corrected chi connectivity index (χ4v) is 3.77. The molecule has 0 spiro atoms. The van der Waals surface area contributed by atoms with Crippen molar-refractivity contribution in [1.29, 1.82) is 0 Å². The normalized spacial score (nSPS) is 11.2. The number of para-hydroxylation sites is 2. The van der Waals surface area contributed by atoms with Gasteiger partial charge in [0.05, 0.1) is 16.5 Å². The maximum absolute atomic E-state index is 12.1. The van der Waals surface area contributed by atoms with E-state index < -0.39 is 0 Å². The van der Waals surface area contributed by atoms with Gasteiger partial charge in [-0.25, -0.2) is 9.97 Å². The molecule has 8 nitrogen and oxygen atoms in total. The molecule has 0 bridgehead atoms. The number of aryl methyl sites for hydroxylation is 2. The largest absolute Gasteiger partial charge is 0.431 e. The van der Waals surface area contributed by atoms with Gasteiger partial charge in [-0.15, -0.1) is 16.4 Å². The van der Waals surface area contributed by atoms with E-state index in [1.54, 1.807) is 0 Å². The number of benzene rings is 1. The minimum absolute atomic E-state index is 0.0496. The number of aromatic nitrogens is 4. The molecule has 0 saturated heterocycles. The molecule has 0 aliphatic heterocycles. The molecule has 3 aromatic heterocycles. The third-order valence-electron chi connectivity index (χ3n) is 3.37. The molecule has 1 aromatic carbocycles. The first-order chi connectivity index (χ1) is 12.6. The maximum atomic E-state index is 12.1. The number of thioether (sulfide) groups is 1. The van der Waals surface area contributed by atoms with E-state index >= 15 is 0 Å². The molecule has 0 unspecified atom stereocenters. The Morgan fingerprint density at radius 2 is 2.04 bits per heavy atom. The molecular formula is C16H13N5O3S2. The summed E-state index contributed by atoms with van der Waals surface area (Å²) in [5, 5.41) is 11.7. The van der Waals surface area contributed by atoms with Crippen LogP contribution in [0.1, 0.15) is 10.7 Å². The number of fused-ring (bicyclic) bond motifs is 1. The monoisotopic (exact) mass is 387 g/mol. The van der Waals surface area contributed by atoms with Crippen LogP contribution in [0.5, 0.6) is 0 Å². The molecule has 0 saturated carbocycles. The van der Waals surface area contributed by atoms with Gasteiger partial charge in [0.1, 0.15) is 10.4 Å². The number of hydrogen-bond donors (Lipinski definition) is 1. The first kappa shape index (κ1) is 16.7. The lowest BCUT2D eigenvalue weighted by Gasteiger charge is -1.97. The zero-order valence-corrected chi connectivity index (χ0v) is 15.5. The van der Waals surface area contributed by atoms with Gasteiger partial charge in [-0.1, -0.05) is 29.0 Å². The molecule has 4 aromatic rings. The third-order valence-corrected chi connectivity index (χ3v) is 5.26. The Labute approximate surface area is 156 Å². The number of nitrogens with one attached hydrogen (secondary N) is 1. The van der Waals surface area contributed by atoms with Crippen LogP contribution in [0.2, 0.25) is 0 Å². The number of nitrogens with zero attached hydrogens (tertiary/aromatic N) is 4. The fraction of sp³-hybridized carbons (Fsp3) is 0.188. The van der Waals surface area contributed by atoms with Crippen LogP contribution in [0.25, 0.3) is 21.9 Å². The van der Waals surface area contributed by atoms with Crippen molar-refractivity contribution in [3.05, 3.63) is 35.0 Å². The second-order valence-electron chi connectivity index (χ2n) is 5.34. The topological polar surface area (TPSA) is 107 Å². The van der Waals surface area contributed by atoms with E-state index in [1.807, 2.05) is 38.1 Å². The third kappa shape index (κ3) is 3.46. The van der Waals surface area contributed by atoms with Gasteiger partial charge in [-0.05, 0) is 26.0 Å². The summed E-state index contributed by atoms with van der Waals surface area (Å²) in [7, 11) is 0. The molecule has 1 N–H and O–H groups in total. The molecule has 4 rings (SSSR count). The molecule has 132 valence electrons. The van der Waals surface area contributed by atoms with Crippen LogP contribution in [0, 0.1) is 13.8 Å². The lowest BCUT2D eigenvalue weighted by molar-refractivity contribution is -0.113. The Hall–Kier alpha value is -2.72. The van der Waals surface area contributed by atoms with Crippen molar-refractivity contribution >= 4 is 46.1 Å². The van der Waals surface area contributed by atoms with Gasteiger partial charge in [0.25, 0.3) is 11.1 Å². The standard InChI is InChI=1S/C16H13N5O3S2/c1-8-13(26-9(2)17-8)14-20-21-15(24-14)19-12(22)7-25-16-18-10-5-3-4-6-11(10)23-16/h3-6H,7H2,1-2H3,(H,19,21,22). The SMILES string of the molecule is Cc1nc(C)c(-c2nnc(NC(=O)CSc3nc4ccccc4o3)o2)s1. The lowest BCUT2D eigenvalue weighted by atomic mass is 10.3. The first-order valence-corrected chi connectivity index (χ1v) is 9.45. The Balaban J connectivity index is 1.38. The Bertz CT molecular complexity index is 1050. The number of oxazole rings is 1. The molecule has 1 amide bonds. The van der Waals surface area contributed by atoms with Crippen LogP contribution in [-0.4, -0.2) is 31.8 Å². The highest BCUT2D eigenvalue weighted by atomic mass is 32.2. The summed E-state index contributed by atoms with van der Waals surface area (Å²) in [4.78, 5) is 21.5. The summed E-state index contributed by atoms with van der Waals surface area (Å²) in [6.45, 7) is 3.78. The summed E-state index contributed by atoms with van der Waals surface area (Å²) in [6, 6.07) is 7.48. The number of carbonyl (C=O) groups excluding carboxylic acids is 1. The molecule has 0 radical (unpaired) electrons. The number of thiazole rings is 1. The molecule has 0 aliphatic carbocycles. The molecule has 26 heavy (non-hydrogen) atoms. The minimum Gasteiger partial charge on any atom is -0.431 e. The van der Waals surface area contributed by atoms with Crippen LogP contribution < -0.4 is 5.32 Å². The van der Waals surface area contributed by atoms with E-state index in [0.717, 1.165) is 21.1 Å². The van der Waals surface area contributed by atoms with Gasteiger partial charge >= 0.3 is 6.01 Å². The minimum atomic E-state index is -0.287. The molecule has 0 aliphatic rings. The molecule has 0 fully saturated rings. The highest BCUT2D eigenvalue weighted by molar-refractivity contribution is 7.99. The highest BCUT2D eigenvalue weighted by Gasteiger charge is 2.16. The van der Waals surface area contributed by atoms with Crippen molar-refractivity contribution in [2.75, 3.05) is 11.1 Å². The Morgan fingerprint density at radius 1 is 1.19 bits per heavy atom. The van der Waals surface area contributed by atoms with Crippen molar-refractivity contribution in [1.82, 2.24) is 20.2 Å². The van der Waals surface area contributed by atoms with Crippen molar-refractivity contribution in [2.45, 2.75) is 19.1 Å². The molecule has 0 atom stereocenters. The van der Waals surface area contributed by atoms with Gasteiger partial charge in [-0.3, -0.25) is 10.1 Å². The molecule has 3 heterocycles. The first-order valence-electron chi connectivity index (χ1n) is 7.64. The van der Waals surface area contributed by atoms with Crippen molar-refractivity contribution in [3.8, 4) is 10.8 Å². The predicted molar refractivity (Wildman–Crippen MR) is 98.2 cm³/mol. The number of hydrogen-bond acceptors (Lipinski definition) is 9. The van der Waals surface area contributed by atoms with E-state index in [-0.39, 0.29) is 17.7 Å². The van der Waals surface area contributed by atoms with Gasteiger partial charge in [0.2, 0.25) is 5.91 Å². The van der Waals surface area contributed by atoms with E-state index in [4.69, 9.17) is 8.83 Å². The van der Waals surface area contributed by atoms with E-state index in [9.17, 15) is 4.79 Å². The summed E-state index contributed by atoms with van der Waals surface area (Å²) < 4.78 is 11.1. The summed E-state index contributed by atoms with van der Waals surface area (Å²) in [5.41, 5.74) is 2.26. The number of rotatable bonds is 5. The lowest BCUT2D eigenvalue weighted by Crippen LogP contribution is -2.14. The number of carbonyl (C=O) groups is 1.